The van der Waals surface area contributed by atoms with Gasteiger partial charge in [-0.1, -0.05) is 50.8 Å². The van der Waals surface area contributed by atoms with E-state index in [0.717, 1.165) is 12.8 Å². The van der Waals surface area contributed by atoms with E-state index in [1.807, 2.05) is 13.0 Å². The number of ketones is 1. The molecule has 0 radical (unpaired) electrons. The average Bonchev–Trinajstić information content (AvgIpc) is 2.72. The van der Waals surface area contributed by atoms with Crippen LogP contribution in [0.1, 0.15) is 94.8 Å². The Bertz CT molecular complexity index is 669. The lowest BCUT2D eigenvalue weighted by Gasteiger charge is -2.31. The largest absolute Gasteiger partial charge is 0.463 e. The Hall–Kier alpha value is -2.17. The summed E-state index contributed by atoms with van der Waals surface area (Å²) in [7, 11) is 0. The van der Waals surface area contributed by atoms with Gasteiger partial charge in [0.05, 0.1) is 5.56 Å². The minimum atomic E-state index is -0.369. The Balaban J connectivity index is 1.93. The van der Waals surface area contributed by atoms with Crippen LogP contribution >= 0.6 is 0 Å². The summed E-state index contributed by atoms with van der Waals surface area (Å²) in [6.45, 7) is 4.00. The summed E-state index contributed by atoms with van der Waals surface area (Å²) in [4.78, 5) is 36.9. The number of hydrogen-bond donors (Lipinski definition) is 0. The first-order chi connectivity index (χ1) is 14.5. The van der Waals surface area contributed by atoms with E-state index in [2.05, 4.69) is 6.92 Å². The zero-order chi connectivity index (χ0) is 21.8. The molecule has 1 aromatic rings. The number of ether oxygens (including phenoxy) is 2. The van der Waals surface area contributed by atoms with E-state index < -0.39 is 0 Å². The van der Waals surface area contributed by atoms with Crippen LogP contribution in [0.25, 0.3) is 0 Å². The minimum absolute atomic E-state index is 0.0167. The van der Waals surface area contributed by atoms with Gasteiger partial charge in [0.2, 0.25) is 0 Å². The van der Waals surface area contributed by atoms with E-state index in [4.69, 9.17) is 9.47 Å². The van der Waals surface area contributed by atoms with Gasteiger partial charge in [0.1, 0.15) is 18.0 Å². The fraction of sp³-hybridized carbons (Fsp3) is 0.640. The van der Waals surface area contributed by atoms with Crippen molar-refractivity contribution in [3.63, 3.8) is 0 Å². The average molecular weight is 417 g/mol. The number of rotatable bonds is 11. The van der Waals surface area contributed by atoms with Crippen molar-refractivity contribution in [3.8, 4) is 0 Å². The summed E-state index contributed by atoms with van der Waals surface area (Å²) in [5.74, 6) is -0.344. The Kier molecular flexibility index (Phi) is 10.6. The molecular formula is C25H36O5. The number of benzene rings is 1. The molecular weight excluding hydrogens is 380 g/mol. The van der Waals surface area contributed by atoms with Gasteiger partial charge in [-0.25, -0.2) is 4.79 Å². The molecule has 0 aliphatic carbocycles. The van der Waals surface area contributed by atoms with Crippen molar-refractivity contribution in [3.05, 3.63) is 35.9 Å². The number of esters is 2. The maximum Gasteiger partial charge on any atom is 0.338 e. The van der Waals surface area contributed by atoms with Gasteiger partial charge in [0, 0.05) is 25.7 Å². The molecule has 1 fully saturated rings. The quantitative estimate of drug-likeness (QED) is 0.344. The monoisotopic (exact) mass is 416 g/mol. The second kappa shape index (κ2) is 13.2. The predicted molar refractivity (Wildman–Crippen MR) is 116 cm³/mol. The van der Waals surface area contributed by atoms with Gasteiger partial charge >= 0.3 is 11.9 Å². The molecule has 0 N–H and O–H groups in total. The number of carbonyl (C=O) groups is 3. The molecule has 1 aliphatic rings. The summed E-state index contributed by atoms with van der Waals surface area (Å²) in [5, 5.41) is 0. The van der Waals surface area contributed by atoms with E-state index in [0.29, 0.717) is 44.1 Å². The smallest absolute Gasteiger partial charge is 0.338 e. The SMILES string of the molecule is CCCCCCCC(=O)CC[C@@H]1CCC(=O)O[C@H](C)C[C@H]1OC(=O)c1ccccc1. The van der Waals surface area contributed by atoms with Crippen LogP contribution in [0.4, 0.5) is 0 Å². The molecule has 1 aromatic carbocycles. The normalized spacial score (nSPS) is 21.9. The van der Waals surface area contributed by atoms with Crippen LogP contribution in [0.5, 0.6) is 0 Å². The third kappa shape index (κ3) is 8.68. The van der Waals surface area contributed by atoms with Crippen molar-refractivity contribution >= 4 is 17.7 Å². The first-order valence-electron chi connectivity index (χ1n) is 11.5. The third-order valence-corrected chi connectivity index (χ3v) is 5.76. The second-order valence-corrected chi connectivity index (χ2v) is 8.39. The number of Topliss-reactive ketones (excluding diaryl/α,β-unsaturated/α-hetero) is 1. The van der Waals surface area contributed by atoms with Gasteiger partial charge in [-0.3, -0.25) is 9.59 Å². The first kappa shape index (κ1) is 24.1. The number of unbranched alkanes of at least 4 members (excludes halogenated alkanes) is 4. The first-order valence-corrected chi connectivity index (χ1v) is 11.5. The molecule has 1 heterocycles. The van der Waals surface area contributed by atoms with Gasteiger partial charge in [0.15, 0.2) is 0 Å². The Labute approximate surface area is 180 Å². The van der Waals surface area contributed by atoms with Crippen LogP contribution in [0, 0.1) is 5.92 Å². The van der Waals surface area contributed by atoms with Crippen LogP contribution in [-0.2, 0) is 19.1 Å². The lowest BCUT2D eigenvalue weighted by Crippen LogP contribution is -2.35. The van der Waals surface area contributed by atoms with E-state index in [1.165, 1.54) is 19.3 Å². The van der Waals surface area contributed by atoms with Crippen LogP contribution < -0.4 is 0 Å². The minimum Gasteiger partial charge on any atom is -0.463 e. The van der Waals surface area contributed by atoms with Crippen molar-refractivity contribution < 1.29 is 23.9 Å². The zero-order valence-corrected chi connectivity index (χ0v) is 18.4. The lowest BCUT2D eigenvalue weighted by atomic mass is 9.86. The van der Waals surface area contributed by atoms with Gasteiger partial charge in [-0.05, 0) is 44.2 Å². The van der Waals surface area contributed by atoms with Crippen LogP contribution in [0.3, 0.4) is 0 Å². The van der Waals surface area contributed by atoms with Gasteiger partial charge < -0.3 is 9.47 Å². The number of carbonyl (C=O) groups excluding carboxylic acids is 3. The maximum absolute atomic E-state index is 12.6. The van der Waals surface area contributed by atoms with Crippen molar-refractivity contribution in [2.45, 2.75) is 96.7 Å². The van der Waals surface area contributed by atoms with Crippen molar-refractivity contribution in [1.82, 2.24) is 0 Å². The molecule has 5 nitrogen and oxygen atoms in total. The number of hydrogen-bond acceptors (Lipinski definition) is 5. The van der Waals surface area contributed by atoms with E-state index in [-0.39, 0.29) is 35.8 Å². The van der Waals surface area contributed by atoms with Gasteiger partial charge in [-0.2, -0.15) is 0 Å². The molecule has 166 valence electrons. The fourth-order valence-electron chi connectivity index (χ4n) is 3.99. The molecule has 5 heteroatoms. The highest BCUT2D eigenvalue weighted by atomic mass is 16.6. The molecule has 0 spiro atoms. The van der Waals surface area contributed by atoms with E-state index in [1.54, 1.807) is 24.3 Å². The summed E-state index contributed by atoms with van der Waals surface area (Å²) in [6, 6.07) is 8.91. The Morgan fingerprint density at radius 3 is 2.53 bits per heavy atom. The second-order valence-electron chi connectivity index (χ2n) is 8.39. The van der Waals surface area contributed by atoms with Crippen molar-refractivity contribution in [2.24, 2.45) is 5.92 Å². The molecule has 0 saturated carbocycles. The highest BCUT2D eigenvalue weighted by Crippen LogP contribution is 2.29. The molecule has 2 rings (SSSR count). The summed E-state index contributed by atoms with van der Waals surface area (Å²) in [6.07, 6.45) is 8.01. The highest BCUT2D eigenvalue weighted by Gasteiger charge is 2.31. The fourth-order valence-corrected chi connectivity index (χ4v) is 3.99. The Morgan fingerprint density at radius 2 is 1.80 bits per heavy atom. The van der Waals surface area contributed by atoms with Crippen LogP contribution in [-0.4, -0.2) is 29.9 Å². The zero-order valence-electron chi connectivity index (χ0n) is 18.4. The standard InChI is InChI=1S/C25H36O5/c1-3-4-5-6-10-13-22(26)16-14-20-15-17-24(27)29-19(2)18-23(20)30-25(28)21-11-8-7-9-12-21/h7-9,11-12,19-20,23H,3-6,10,13-18H2,1-2H3/t19-,20-,23-/m1/s1. The molecule has 0 unspecified atom stereocenters. The maximum atomic E-state index is 12.6. The van der Waals surface area contributed by atoms with Crippen molar-refractivity contribution in [1.29, 1.82) is 0 Å². The topological polar surface area (TPSA) is 69.7 Å². The molecule has 1 saturated heterocycles. The highest BCUT2D eigenvalue weighted by molar-refractivity contribution is 5.89. The predicted octanol–water partition coefficient (Wildman–Crippen LogP) is 5.65. The summed E-state index contributed by atoms with van der Waals surface area (Å²) >= 11 is 0. The molecule has 3 atom stereocenters. The molecule has 0 bridgehead atoms. The van der Waals surface area contributed by atoms with Crippen molar-refractivity contribution in [2.75, 3.05) is 0 Å². The van der Waals surface area contributed by atoms with Crippen LogP contribution in [0.15, 0.2) is 30.3 Å². The Morgan fingerprint density at radius 1 is 1.07 bits per heavy atom. The third-order valence-electron chi connectivity index (χ3n) is 5.76. The van der Waals surface area contributed by atoms with Crippen LogP contribution in [0.2, 0.25) is 0 Å². The van der Waals surface area contributed by atoms with E-state index in [9.17, 15) is 14.4 Å². The molecule has 30 heavy (non-hydrogen) atoms. The lowest BCUT2D eigenvalue weighted by molar-refractivity contribution is -0.152. The van der Waals surface area contributed by atoms with E-state index >= 15 is 0 Å². The molecule has 1 aliphatic heterocycles. The molecule has 0 amide bonds. The molecule has 0 aromatic heterocycles. The summed E-state index contributed by atoms with van der Waals surface area (Å²) < 4.78 is 11.2. The summed E-state index contributed by atoms with van der Waals surface area (Å²) in [5.41, 5.74) is 0.506. The van der Waals surface area contributed by atoms with Gasteiger partial charge in [-0.15, -0.1) is 0 Å². The number of cyclic esters (lactones) is 1. The van der Waals surface area contributed by atoms with Gasteiger partial charge in [0.25, 0.3) is 0 Å².